The van der Waals surface area contributed by atoms with E-state index in [1.807, 2.05) is 12.1 Å². The minimum atomic E-state index is -3.53. The Kier molecular flexibility index (Phi) is 7.52. The molecule has 0 unspecified atom stereocenters. The van der Waals surface area contributed by atoms with Gasteiger partial charge in [-0.3, -0.25) is 4.79 Å². The van der Waals surface area contributed by atoms with Crippen molar-refractivity contribution < 1.29 is 17.9 Å². The highest BCUT2D eigenvalue weighted by Crippen LogP contribution is 2.21. The number of carbonyl (C=O) groups excluding carboxylic acids is 1. The summed E-state index contributed by atoms with van der Waals surface area (Å²) in [6.07, 6.45) is 3.29. The molecular weight excluding hydrogens is 412 g/mol. The molecule has 2 aromatic carbocycles. The molecule has 0 bridgehead atoms. The number of ether oxygens (including phenoxy) is 1. The summed E-state index contributed by atoms with van der Waals surface area (Å²) >= 11 is 5.83. The monoisotopic (exact) mass is 436 g/mol. The molecule has 6 nitrogen and oxygen atoms in total. The topological polar surface area (TPSA) is 75.7 Å². The van der Waals surface area contributed by atoms with Crippen LogP contribution in [-0.2, 0) is 10.0 Å². The number of unbranched alkanes of at least 4 members (excludes halogenated alkanes) is 1. The second-order valence-corrected chi connectivity index (χ2v) is 9.28. The van der Waals surface area contributed by atoms with E-state index in [1.54, 1.807) is 30.3 Å². The van der Waals surface area contributed by atoms with Crippen LogP contribution in [0.3, 0.4) is 0 Å². The number of rotatable bonds is 9. The van der Waals surface area contributed by atoms with Gasteiger partial charge in [-0.15, -0.1) is 0 Å². The van der Waals surface area contributed by atoms with E-state index >= 15 is 0 Å². The van der Waals surface area contributed by atoms with E-state index in [-0.39, 0.29) is 10.8 Å². The van der Waals surface area contributed by atoms with E-state index in [2.05, 4.69) is 5.32 Å². The SMILES string of the molecule is O=C(NCCCCOc1ccc(Cl)cc1)c1cccc(S(=O)(=O)N2CCCC2)c1. The van der Waals surface area contributed by atoms with Gasteiger partial charge in [0.2, 0.25) is 10.0 Å². The first-order valence-electron chi connectivity index (χ1n) is 9.73. The molecule has 1 fully saturated rings. The highest BCUT2D eigenvalue weighted by molar-refractivity contribution is 7.89. The Morgan fingerprint density at radius 1 is 1.07 bits per heavy atom. The van der Waals surface area contributed by atoms with Gasteiger partial charge in [0.05, 0.1) is 11.5 Å². The van der Waals surface area contributed by atoms with E-state index in [4.69, 9.17) is 16.3 Å². The Morgan fingerprint density at radius 3 is 2.52 bits per heavy atom. The predicted octanol–water partition coefficient (Wildman–Crippen LogP) is 3.71. The predicted molar refractivity (Wildman–Crippen MR) is 113 cm³/mol. The van der Waals surface area contributed by atoms with Gasteiger partial charge >= 0.3 is 0 Å². The molecule has 1 aliphatic heterocycles. The van der Waals surface area contributed by atoms with E-state index in [1.165, 1.54) is 10.4 Å². The third-order valence-electron chi connectivity index (χ3n) is 4.74. The van der Waals surface area contributed by atoms with Crippen LogP contribution in [0.5, 0.6) is 5.75 Å². The number of benzene rings is 2. The third-order valence-corrected chi connectivity index (χ3v) is 6.88. The van der Waals surface area contributed by atoms with Gasteiger partial charge in [0, 0.05) is 30.2 Å². The zero-order valence-electron chi connectivity index (χ0n) is 16.1. The maximum atomic E-state index is 12.7. The van der Waals surface area contributed by atoms with Crippen LogP contribution in [0, 0.1) is 0 Å². The largest absolute Gasteiger partial charge is 0.494 e. The van der Waals surface area contributed by atoms with Crippen LogP contribution in [0.1, 0.15) is 36.0 Å². The van der Waals surface area contributed by atoms with Gasteiger partial charge in [0.1, 0.15) is 5.75 Å². The number of halogens is 1. The van der Waals surface area contributed by atoms with Crippen LogP contribution < -0.4 is 10.1 Å². The van der Waals surface area contributed by atoms with Crippen molar-refractivity contribution in [3.63, 3.8) is 0 Å². The summed E-state index contributed by atoms with van der Waals surface area (Å²) in [6.45, 7) is 2.11. The molecule has 29 heavy (non-hydrogen) atoms. The standard InChI is InChI=1S/C21H25ClN2O4S/c22-18-8-10-19(11-9-18)28-15-4-1-12-23-21(25)17-6-5-7-20(16-17)29(26,27)24-13-2-3-14-24/h5-11,16H,1-4,12-15H2,(H,23,25). The molecule has 1 saturated heterocycles. The van der Waals surface area contributed by atoms with Crippen molar-refractivity contribution in [3.8, 4) is 5.75 Å². The first-order chi connectivity index (χ1) is 14.0. The molecule has 1 amide bonds. The molecule has 1 N–H and O–H groups in total. The molecule has 0 saturated carbocycles. The Morgan fingerprint density at radius 2 is 1.79 bits per heavy atom. The number of nitrogens with one attached hydrogen (secondary N) is 1. The molecule has 0 aliphatic carbocycles. The summed E-state index contributed by atoms with van der Waals surface area (Å²) in [5, 5.41) is 3.50. The normalized spacial score (nSPS) is 14.7. The van der Waals surface area contributed by atoms with Crippen molar-refractivity contribution in [1.82, 2.24) is 9.62 Å². The average molecular weight is 437 g/mol. The van der Waals surface area contributed by atoms with Gasteiger partial charge < -0.3 is 10.1 Å². The number of nitrogens with zero attached hydrogens (tertiary/aromatic N) is 1. The van der Waals surface area contributed by atoms with Crippen LogP contribution in [0.15, 0.2) is 53.4 Å². The Bertz CT molecular complexity index is 926. The number of hydrogen-bond acceptors (Lipinski definition) is 4. The summed E-state index contributed by atoms with van der Waals surface area (Å²) in [5.74, 6) is 0.483. The lowest BCUT2D eigenvalue weighted by Crippen LogP contribution is -2.29. The van der Waals surface area contributed by atoms with Crippen LogP contribution in [0.25, 0.3) is 0 Å². The second-order valence-electron chi connectivity index (χ2n) is 6.90. The summed E-state index contributed by atoms with van der Waals surface area (Å²) in [4.78, 5) is 12.5. The lowest BCUT2D eigenvalue weighted by atomic mass is 10.2. The van der Waals surface area contributed by atoms with Crippen LogP contribution >= 0.6 is 11.6 Å². The summed E-state index contributed by atoms with van der Waals surface area (Å²) < 4.78 is 32.4. The lowest BCUT2D eigenvalue weighted by Gasteiger charge is -2.16. The van der Waals surface area contributed by atoms with E-state index in [0.29, 0.717) is 36.8 Å². The number of sulfonamides is 1. The van der Waals surface area contributed by atoms with Crippen molar-refractivity contribution in [2.45, 2.75) is 30.6 Å². The van der Waals surface area contributed by atoms with Gasteiger partial charge in [-0.05, 0) is 68.1 Å². The number of carbonyl (C=O) groups is 1. The Balaban J connectivity index is 1.44. The highest BCUT2D eigenvalue weighted by Gasteiger charge is 2.27. The van der Waals surface area contributed by atoms with E-state index < -0.39 is 10.0 Å². The first kappa shape index (κ1) is 21.6. The molecular formula is C21H25ClN2O4S. The molecule has 1 aliphatic rings. The molecule has 0 radical (unpaired) electrons. The molecule has 3 rings (SSSR count). The summed E-state index contributed by atoms with van der Waals surface area (Å²) in [6, 6.07) is 13.4. The molecule has 1 heterocycles. The maximum Gasteiger partial charge on any atom is 0.251 e. The summed E-state index contributed by atoms with van der Waals surface area (Å²) in [5.41, 5.74) is 0.350. The van der Waals surface area contributed by atoms with Gasteiger partial charge in [-0.2, -0.15) is 4.31 Å². The summed E-state index contributed by atoms with van der Waals surface area (Å²) in [7, 11) is -3.53. The average Bonchev–Trinajstić information content (AvgIpc) is 3.27. The fourth-order valence-corrected chi connectivity index (χ4v) is 4.82. The maximum absolute atomic E-state index is 12.7. The van der Waals surface area contributed by atoms with Crippen molar-refractivity contribution in [2.75, 3.05) is 26.2 Å². The van der Waals surface area contributed by atoms with Gasteiger partial charge in [0.15, 0.2) is 0 Å². The molecule has 0 spiro atoms. The van der Waals surface area contributed by atoms with Crippen molar-refractivity contribution >= 4 is 27.5 Å². The van der Waals surface area contributed by atoms with E-state index in [9.17, 15) is 13.2 Å². The Labute approximate surface area is 176 Å². The second kappa shape index (κ2) is 10.1. The quantitative estimate of drug-likeness (QED) is 0.608. The molecule has 156 valence electrons. The molecule has 0 atom stereocenters. The smallest absolute Gasteiger partial charge is 0.251 e. The van der Waals surface area contributed by atoms with Gasteiger partial charge in [0.25, 0.3) is 5.91 Å². The molecule has 8 heteroatoms. The third kappa shape index (κ3) is 5.95. The van der Waals surface area contributed by atoms with E-state index in [0.717, 1.165) is 31.4 Å². The fourth-order valence-electron chi connectivity index (χ4n) is 3.13. The number of hydrogen-bond donors (Lipinski definition) is 1. The molecule has 0 aromatic heterocycles. The van der Waals surface area contributed by atoms with Crippen LogP contribution in [-0.4, -0.2) is 44.9 Å². The zero-order valence-corrected chi connectivity index (χ0v) is 17.7. The minimum Gasteiger partial charge on any atom is -0.494 e. The number of amides is 1. The fraction of sp³-hybridized carbons (Fsp3) is 0.381. The van der Waals surface area contributed by atoms with Gasteiger partial charge in [-0.25, -0.2) is 8.42 Å². The minimum absolute atomic E-state index is 0.170. The Hall–Kier alpha value is -2.09. The van der Waals surface area contributed by atoms with Crippen molar-refractivity contribution in [1.29, 1.82) is 0 Å². The van der Waals surface area contributed by atoms with Crippen molar-refractivity contribution in [2.24, 2.45) is 0 Å². The molecule has 2 aromatic rings. The van der Waals surface area contributed by atoms with Crippen molar-refractivity contribution in [3.05, 3.63) is 59.1 Å². The zero-order chi connectivity index (χ0) is 20.7. The van der Waals surface area contributed by atoms with Gasteiger partial charge in [-0.1, -0.05) is 17.7 Å². The first-order valence-corrected chi connectivity index (χ1v) is 11.6. The van der Waals surface area contributed by atoms with Crippen LogP contribution in [0.4, 0.5) is 0 Å². The lowest BCUT2D eigenvalue weighted by molar-refractivity contribution is 0.0952. The van der Waals surface area contributed by atoms with Crippen LogP contribution in [0.2, 0.25) is 5.02 Å². The highest BCUT2D eigenvalue weighted by atomic mass is 35.5.